The number of furan rings is 1. The Morgan fingerprint density at radius 1 is 1.03 bits per heavy atom. The molecule has 2 heterocycles. The van der Waals surface area contributed by atoms with Crippen LogP contribution in [0, 0.1) is 0 Å². The van der Waals surface area contributed by atoms with E-state index in [1.165, 1.54) is 31.0 Å². The Balaban J connectivity index is 1.50. The first-order valence-electron chi connectivity index (χ1n) is 10.8. The van der Waals surface area contributed by atoms with E-state index < -0.39 is 0 Å². The normalized spacial score (nSPS) is 18.3. The molecule has 7 heteroatoms. The van der Waals surface area contributed by atoms with Gasteiger partial charge in [0.15, 0.2) is 10.9 Å². The van der Waals surface area contributed by atoms with Crippen molar-refractivity contribution in [1.29, 1.82) is 0 Å². The number of carbonyl (C=O) groups excluding carboxylic acids is 1. The van der Waals surface area contributed by atoms with Crippen LogP contribution in [0.5, 0.6) is 0 Å². The highest BCUT2D eigenvalue weighted by molar-refractivity contribution is 8.00. The Bertz CT molecular complexity index is 976. The highest BCUT2D eigenvalue weighted by atomic mass is 32.2. The largest absolute Gasteiger partial charge is 0.461 e. The van der Waals surface area contributed by atoms with E-state index in [9.17, 15) is 4.79 Å². The molecule has 30 heavy (non-hydrogen) atoms. The Morgan fingerprint density at radius 2 is 1.83 bits per heavy atom. The summed E-state index contributed by atoms with van der Waals surface area (Å²) in [5.41, 5.74) is 0.985. The summed E-state index contributed by atoms with van der Waals surface area (Å²) in [5, 5.41) is 12.6. The second kappa shape index (κ2) is 8.68. The molecule has 0 bridgehead atoms. The number of benzene rings is 1. The lowest BCUT2D eigenvalue weighted by molar-refractivity contribution is -0.120. The van der Waals surface area contributed by atoms with E-state index in [1.54, 1.807) is 6.26 Å². The zero-order valence-electron chi connectivity index (χ0n) is 16.9. The van der Waals surface area contributed by atoms with Crippen LogP contribution in [0.3, 0.4) is 0 Å². The molecule has 1 N–H and O–H groups in total. The molecule has 2 saturated carbocycles. The average Bonchev–Trinajstić information content (AvgIpc) is 3.27. The van der Waals surface area contributed by atoms with Crippen molar-refractivity contribution in [3.8, 4) is 11.6 Å². The van der Waals surface area contributed by atoms with Gasteiger partial charge in [0, 0.05) is 12.1 Å². The van der Waals surface area contributed by atoms with E-state index >= 15 is 0 Å². The maximum Gasteiger partial charge on any atom is 0.238 e. The quantitative estimate of drug-likeness (QED) is 0.533. The molecule has 0 spiro atoms. The monoisotopic (exact) mass is 422 g/mol. The molecule has 1 aromatic carbocycles. The summed E-state index contributed by atoms with van der Waals surface area (Å²) in [4.78, 5) is 13.1. The van der Waals surface area contributed by atoms with Crippen LogP contribution in [-0.2, 0) is 4.79 Å². The summed E-state index contributed by atoms with van der Waals surface area (Å²) < 4.78 is 7.86. The highest BCUT2D eigenvalue weighted by Crippen LogP contribution is 2.41. The standard InChI is InChI=1S/C23H26N4O2S/c28-22(24-17-13-14-17)20(16-8-3-1-4-9-16)30-23-26-25-21(19-12-7-15-29-19)27(23)18-10-5-2-6-11-18/h1,3-4,7-9,12,15,17-18,20H,2,5-6,10-11,13-14H2,(H,24,28)/t20-/m0/s1. The van der Waals surface area contributed by atoms with E-state index in [0.29, 0.717) is 12.1 Å². The van der Waals surface area contributed by atoms with Crippen LogP contribution in [0.15, 0.2) is 58.3 Å². The third-order valence-corrected chi connectivity index (χ3v) is 7.04. The van der Waals surface area contributed by atoms with Crippen LogP contribution in [0.4, 0.5) is 0 Å². The Hall–Kier alpha value is -2.54. The molecule has 0 radical (unpaired) electrons. The lowest BCUT2D eigenvalue weighted by atomic mass is 9.95. The smallest absolute Gasteiger partial charge is 0.238 e. The van der Waals surface area contributed by atoms with Gasteiger partial charge in [-0.05, 0) is 43.4 Å². The fraction of sp³-hybridized carbons (Fsp3) is 0.435. The summed E-state index contributed by atoms with van der Waals surface area (Å²) in [6.45, 7) is 0. The first-order valence-corrected chi connectivity index (χ1v) is 11.7. The van der Waals surface area contributed by atoms with E-state index in [1.807, 2.05) is 42.5 Å². The number of amides is 1. The van der Waals surface area contributed by atoms with E-state index in [4.69, 9.17) is 4.42 Å². The molecule has 0 saturated heterocycles. The number of hydrogen-bond donors (Lipinski definition) is 1. The van der Waals surface area contributed by atoms with E-state index in [0.717, 1.165) is 48.0 Å². The molecule has 0 aliphatic heterocycles. The van der Waals surface area contributed by atoms with Crippen molar-refractivity contribution in [3.05, 3.63) is 54.3 Å². The zero-order valence-corrected chi connectivity index (χ0v) is 17.7. The van der Waals surface area contributed by atoms with Crippen molar-refractivity contribution in [2.75, 3.05) is 0 Å². The van der Waals surface area contributed by atoms with Crippen molar-refractivity contribution in [3.63, 3.8) is 0 Å². The van der Waals surface area contributed by atoms with Crippen molar-refractivity contribution in [2.45, 2.75) is 67.4 Å². The van der Waals surface area contributed by atoms with Crippen molar-refractivity contribution in [2.24, 2.45) is 0 Å². The summed E-state index contributed by atoms with van der Waals surface area (Å²) >= 11 is 1.49. The van der Waals surface area contributed by atoms with Gasteiger partial charge in [-0.2, -0.15) is 0 Å². The van der Waals surface area contributed by atoms with Gasteiger partial charge in [0.2, 0.25) is 11.7 Å². The van der Waals surface area contributed by atoms with Crippen LogP contribution in [0.1, 0.15) is 61.8 Å². The summed E-state index contributed by atoms with van der Waals surface area (Å²) in [5.74, 6) is 1.52. The molecule has 2 aromatic heterocycles. The van der Waals surface area contributed by atoms with Gasteiger partial charge in [-0.15, -0.1) is 10.2 Å². The number of thioether (sulfide) groups is 1. The number of nitrogens with one attached hydrogen (secondary N) is 1. The number of nitrogens with zero attached hydrogens (tertiary/aromatic N) is 3. The van der Waals surface area contributed by atoms with Gasteiger partial charge in [-0.1, -0.05) is 61.4 Å². The zero-order chi connectivity index (χ0) is 20.3. The minimum atomic E-state index is -0.359. The fourth-order valence-corrected chi connectivity index (χ4v) is 5.23. The molecule has 3 aromatic rings. The predicted octanol–water partition coefficient (Wildman–Crippen LogP) is 5.16. The molecule has 2 fully saturated rings. The number of hydrogen-bond acceptors (Lipinski definition) is 5. The van der Waals surface area contributed by atoms with Gasteiger partial charge in [-0.3, -0.25) is 9.36 Å². The minimum Gasteiger partial charge on any atom is -0.461 e. The number of aromatic nitrogens is 3. The Kier molecular flexibility index (Phi) is 5.62. The third-order valence-electron chi connectivity index (χ3n) is 5.83. The van der Waals surface area contributed by atoms with Crippen molar-refractivity contribution in [1.82, 2.24) is 20.1 Å². The molecule has 5 rings (SSSR count). The Labute approximate surface area is 180 Å². The molecule has 6 nitrogen and oxygen atoms in total. The van der Waals surface area contributed by atoms with Crippen molar-refractivity contribution < 1.29 is 9.21 Å². The first-order chi connectivity index (χ1) is 14.8. The maximum atomic E-state index is 13.1. The summed E-state index contributed by atoms with van der Waals surface area (Å²) in [6.07, 6.45) is 9.68. The van der Waals surface area contributed by atoms with Crippen LogP contribution in [-0.4, -0.2) is 26.7 Å². The van der Waals surface area contributed by atoms with Gasteiger partial charge in [-0.25, -0.2) is 0 Å². The molecular weight excluding hydrogens is 396 g/mol. The highest BCUT2D eigenvalue weighted by Gasteiger charge is 2.32. The lowest BCUT2D eigenvalue weighted by Gasteiger charge is -2.26. The van der Waals surface area contributed by atoms with E-state index in [-0.39, 0.29) is 11.2 Å². The van der Waals surface area contributed by atoms with Crippen LogP contribution in [0.2, 0.25) is 0 Å². The molecule has 0 unspecified atom stereocenters. The summed E-state index contributed by atoms with van der Waals surface area (Å²) in [6, 6.07) is 14.4. The van der Waals surface area contributed by atoms with Crippen LogP contribution in [0.25, 0.3) is 11.6 Å². The molecule has 1 amide bonds. The van der Waals surface area contributed by atoms with Gasteiger partial charge in [0.1, 0.15) is 5.25 Å². The Morgan fingerprint density at radius 3 is 2.53 bits per heavy atom. The molecule has 1 atom stereocenters. The number of rotatable bonds is 7. The first kappa shape index (κ1) is 19.4. The molecule has 156 valence electrons. The second-order valence-corrected chi connectivity index (χ2v) is 9.21. The summed E-state index contributed by atoms with van der Waals surface area (Å²) in [7, 11) is 0. The molecule has 2 aliphatic carbocycles. The number of carbonyl (C=O) groups is 1. The molecule has 2 aliphatic rings. The van der Waals surface area contributed by atoms with Gasteiger partial charge < -0.3 is 9.73 Å². The van der Waals surface area contributed by atoms with Crippen LogP contribution >= 0.6 is 11.8 Å². The van der Waals surface area contributed by atoms with Gasteiger partial charge in [0.25, 0.3) is 0 Å². The SMILES string of the molecule is O=C(NC1CC1)[C@@H](Sc1nnc(-c2ccco2)n1C1CCCCC1)c1ccccc1. The predicted molar refractivity (Wildman–Crippen MR) is 116 cm³/mol. The average molecular weight is 423 g/mol. The fourth-order valence-electron chi connectivity index (χ4n) is 4.11. The second-order valence-electron chi connectivity index (χ2n) is 8.14. The van der Waals surface area contributed by atoms with Crippen LogP contribution < -0.4 is 5.32 Å². The third kappa shape index (κ3) is 4.17. The maximum absolute atomic E-state index is 13.1. The van der Waals surface area contributed by atoms with E-state index in [2.05, 4.69) is 20.1 Å². The topological polar surface area (TPSA) is 73.0 Å². The lowest BCUT2D eigenvalue weighted by Crippen LogP contribution is -2.30. The minimum absolute atomic E-state index is 0.0476. The molecular formula is C23H26N4O2S. The van der Waals surface area contributed by atoms with Gasteiger partial charge >= 0.3 is 0 Å². The van der Waals surface area contributed by atoms with Crippen molar-refractivity contribution >= 4 is 17.7 Å². The van der Waals surface area contributed by atoms with Gasteiger partial charge in [0.05, 0.1) is 6.26 Å².